The highest BCUT2D eigenvalue weighted by molar-refractivity contribution is 5.87. The Morgan fingerprint density at radius 3 is 2.54 bits per heavy atom. The molecule has 0 radical (unpaired) electrons. The molecule has 136 valence electrons. The number of anilines is 2. The summed E-state index contributed by atoms with van der Waals surface area (Å²) in [5.74, 6) is -0.267. The monoisotopic (exact) mass is 360 g/mol. The second-order valence-electron chi connectivity index (χ2n) is 6.19. The normalized spacial score (nSPS) is 16.7. The Morgan fingerprint density at radius 1 is 1.19 bits per heavy atom. The number of hydrogen-bond acceptors (Lipinski definition) is 2. The fourth-order valence-electron chi connectivity index (χ4n) is 3.25. The van der Waals surface area contributed by atoms with Crippen molar-refractivity contribution in [2.75, 3.05) is 11.4 Å². The van der Waals surface area contributed by atoms with Crippen LogP contribution in [0.2, 0.25) is 0 Å². The summed E-state index contributed by atoms with van der Waals surface area (Å²) in [5, 5.41) is 2.79. The Labute approximate surface area is 150 Å². The van der Waals surface area contributed by atoms with E-state index in [-0.39, 0.29) is 11.9 Å². The van der Waals surface area contributed by atoms with E-state index in [0.29, 0.717) is 12.2 Å². The standard InChI is InChI=1S/C20H19F3N2O/c1-2-19(26)24-13-17-10-7-14-5-3-4-6-18(14)25(17)16-11-8-15(9-12-16)20(21,22)23/h2-6,8-9,11-12,17H,1,7,10,13H2,(H,24,26). The van der Waals surface area contributed by atoms with E-state index in [4.69, 9.17) is 0 Å². The first-order valence-corrected chi connectivity index (χ1v) is 8.35. The summed E-state index contributed by atoms with van der Waals surface area (Å²) < 4.78 is 38.6. The lowest BCUT2D eigenvalue weighted by Crippen LogP contribution is -2.44. The van der Waals surface area contributed by atoms with Gasteiger partial charge >= 0.3 is 6.18 Å². The molecule has 0 saturated heterocycles. The molecule has 3 nitrogen and oxygen atoms in total. The largest absolute Gasteiger partial charge is 0.416 e. The van der Waals surface area contributed by atoms with Crippen molar-refractivity contribution in [2.24, 2.45) is 0 Å². The van der Waals surface area contributed by atoms with E-state index >= 15 is 0 Å². The van der Waals surface area contributed by atoms with Gasteiger partial charge in [-0.05, 0) is 54.8 Å². The van der Waals surface area contributed by atoms with E-state index < -0.39 is 11.7 Å². The third-order valence-electron chi connectivity index (χ3n) is 4.53. The molecule has 1 heterocycles. The lowest BCUT2D eigenvalue weighted by molar-refractivity contribution is -0.137. The zero-order chi connectivity index (χ0) is 18.7. The third kappa shape index (κ3) is 3.74. The van der Waals surface area contributed by atoms with Gasteiger partial charge in [-0.25, -0.2) is 0 Å². The first kappa shape index (κ1) is 18.0. The van der Waals surface area contributed by atoms with Crippen molar-refractivity contribution >= 4 is 17.3 Å². The van der Waals surface area contributed by atoms with Crippen LogP contribution in [0, 0.1) is 0 Å². The van der Waals surface area contributed by atoms with Crippen LogP contribution in [0.25, 0.3) is 0 Å². The summed E-state index contributed by atoms with van der Waals surface area (Å²) in [6.07, 6.45) is -1.52. The average molecular weight is 360 g/mol. The zero-order valence-corrected chi connectivity index (χ0v) is 14.1. The van der Waals surface area contributed by atoms with Crippen molar-refractivity contribution in [2.45, 2.75) is 25.1 Å². The molecule has 0 spiro atoms. The molecule has 1 amide bonds. The second-order valence-corrected chi connectivity index (χ2v) is 6.19. The lowest BCUT2D eigenvalue weighted by Gasteiger charge is -2.39. The average Bonchev–Trinajstić information content (AvgIpc) is 2.65. The molecule has 0 aliphatic carbocycles. The van der Waals surface area contributed by atoms with Crippen LogP contribution >= 0.6 is 0 Å². The molecule has 1 N–H and O–H groups in total. The Morgan fingerprint density at radius 2 is 1.88 bits per heavy atom. The number of amides is 1. The Balaban J connectivity index is 1.95. The maximum Gasteiger partial charge on any atom is 0.416 e. The minimum absolute atomic E-state index is 0.0504. The lowest BCUT2D eigenvalue weighted by atomic mass is 9.94. The van der Waals surface area contributed by atoms with Gasteiger partial charge in [-0.15, -0.1) is 0 Å². The number of para-hydroxylation sites is 1. The van der Waals surface area contributed by atoms with E-state index in [9.17, 15) is 18.0 Å². The Bertz CT molecular complexity index is 799. The molecule has 1 atom stereocenters. The molecule has 1 aliphatic rings. The van der Waals surface area contributed by atoms with Gasteiger partial charge in [-0.1, -0.05) is 24.8 Å². The van der Waals surface area contributed by atoms with Crippen LogP contribution < -0.4 is 10.2 Å². The minimum atomic E-state index is -4.37. The van der Waals surface area contributed by atoms with E-state index in [2.05, 4.69) is 11.9 Å². The fourth-order valence-corrected chi connectivity index (χ4v) is 3.25. The van der Waals surface area contributed by atoms with Gasteiger partial charge in [0.2, 0.25) is 5.91 Å². The van der Waals surface area contributed by atoms with Crippen LogP contribution in [0.15, 0.2) is 61.2 Å². The molecule has 1 aliphatic heterocycles. The Kier molecular flexibility index (Phi) is 5.02. The molecule has 0 fully saturated rings. The van der Waals surface area contributed by atoms with Crippen molar-refractivity contribution in [3.05, 3.63) is 72.3 Å². The van der Waals surface area contributed by atoms with Gasteiger partial charge < -0.3 is 10.2 Å². The molecular weight excluding hydrogens is 341 g/mol. The van der Waals surface area contributed by atoms with Crippen LogP contribution in [0.1, 0.15) is 17.5 Å². The van der Waals surface area contributed by atoms with Gasteiger partial charge in [0.05, 0.1) is 11.6 Å². The fraction of sp³-hybridized carbons (Fsp3) is 0.250. The quantitative estimate of drug-likeness (QED) is 0.817. The number of hydrogen-bond donors (Lipinski definition) is 1. The summed E-state index contributed by atoms with van der Waals surface area (Å²) in [6, 6.07) is 12.9. The van der Waals surface area contributed by atoms with Gasteiger partial charge in [0, 0.05) is 17.9 Å². The van der Waals surface area contributed by atoms with Crippen LogP contribution in [0.5, 0.6) is 0 Å². The number of alkyl halides is 3. The first-order valence-electron chi connectivity index (χ1n) is 8.35. The summed E-state index contributed by atoms with van der Waals surface area (Å²) in [4.78, 5) is 13.5. The molecule has 0 aromatic heterocycles. The van der Waals surface area contributed by atoms with Gasteiger partial charge in [0.1, 0.15) is 0 Å². The smallest absolute Gasteiger partial charge is 0.350 e. The molecule has 0 saturated carbocycles. The number of nitrogens with zero attached hydrogens (tertiary/aromatic N) is 1. The molecular formula is C20H19F3N2O. The van der Waals surface area contributed by atoms with Crippen LogP contribution in [0.4, 0.5) is 24.5 Å². The predicted molar refractivity (Wildman–Crippen MR) is 95.3 cm³/mol. The molecule has 26 heavy (non-hydrogen) atoms. The van der Waals surface area contributed by atoms with Gasteiger partial charge in [-0.3, -0.25) is 4.79 Å². The number of benzene rings is 2. The second kappa shape index (κ2) is 7.23. The number of nitrogens with one attached hydrogen (secondary N) is 1. The summed E-state index contributed by atoms with van der Waals surface area (Å²) in [7, 11) is 0. The number of carbonyl (C=O) groups is 1. The van der Waals surface area contributed by atoms with Crippen molar-refractivity contribution < 1.29 is 18.0 Å². The van der Waals surface area contributed by atoms with Crippen LogP contribution in [0.3, 0.4) is 0 Å². The van der Waals surface area contributed by atoms with E-state index in [0.717, 1.165) is 36.2 Å². The van der Waals surface area contributed by atoms with Crippen molar-refractivity contribution in [3.8, 4) is 0 Å². The van der Waals surface area contributed by atoms with Crippen molar-refractivity contribution in [3.63, 3.8) is 0 Å². The third-order valence-corrected chi connectivity index (χ3v) is 4.53. The van der Waals surface area contributed by atoms with Crippen LogP contribution in [-0.4, -0.2) is 18.5 Å². The SMILES string of the molecule is C=CC(=O)NCC1CCc2ccccc2N1c1ccc(C(F)(F)F)cc1. The molecule has 0 bridgehead atoms. The highest BCUT2D eigenvalue weighted by atomic mass is 19.4. The summed E-state index contributed by atoms with van der Waals surface area (Å²) >= 11 is 0. The molecule has 1 unspecified atom stereocenters. The number of fused-ring (bicyclic) bond motifs is 1. The van der Waals surface area contributed by atoms with E-state index in [1.807, 2.05) is 29.2 Å². The molecule has 3 rings (SSSR count). The van der Waals surface area contributed by atoms with Crippen molar-refractivity contribution in [1.29, 1.82) is 0 Å². The summed E-state index contributed by atoms with van der Waals surface area (Å²) in [5.41, 5.74) is 2.08. The summed E-state index contributed by atoms with van der Waals surface area (Å²) in [6.45, 7) is 3.83. The number of carbonyl (C=O) groups excluding carboxylic acids is 1. The molecule has 6 heteroatoms. The van der Waals surface area contributed by atoms with Gasteiger partial charge in [0.25, 0.3) is 0 Å². The topological polar surface area (TPSA) is 32.3 Å². The molecule has 2 aromatic rings. The van der Waals surface area contributed by atoms with Gasteiger partial charge in [0.15, 0.2) is 0 Å². The van der Waals surface area contributed by atoms with E-state index in [1.54, 1.807) is 0 Å². The minimum Gasteiger partial charge on any atom is -0.350 e. The van der Waals surface area contributed by atoms with E-state index in [1.165, 1.54) is 18.2 Å². The number of aryl methyl sites for hydroxylation is 1. The number of rotatable bonds is 4. The highest BCUT2D eigenvalue weighted by Gasteiger charge is 2.31. The first-order chi connectivity index (χ1) is 12.4. The van der Waals surface area contributed by atoms with Gasteiger partial charge in [-0.2, -0.15) is 13.2 Å². The number of halogens is 3. The highest BCUT2D eigenvalue weighted by Crippen LogP contribution is 2.38. The Hall–Kier alpha value is -2.76. The van der Waals surface area contributed by atoms with Crippen molar-refractivity contribution in [1.82, 2.24) is 5.32 Å². The zero-order valence-electron chi connectivity index (χ0n) is 14.1. The maximum absolute atomic E-state index is 12.9. The maximum atomic E-state index is 12.9. The van der Waals surface area contributed by atoms with Crippen LogP contribution in [-0.2, 0) is 17.4 Å². The predicted octanol–water partition coefficient (Wildman–Crippen LogP) is 4.46. The molecule has 2 aromatic carbocycles.